The molecule has 1 atom stereocenters. The highest BCUT2D eigenvalue weighted by Crippen LogP contribution is 2.37. The second kappa shape index (κ2) is 10.4. The summed E-state index contributed by atoms with van der Waals surface area (Å²) in [5.74, 6) is -1.54. The number of hydrogen-bond donors (Lipinski definition) is 2. The smallest absolute Gasteiger partial charge is 0.348 e. The molecule has 0 amide bonds. The van der Waals surface area contributed by atoms with Gasteiger partial charge in [0.2, 0.25) is 15.6 Å². The van der Waals surface area contributed by atoms with E-state index < -0.39 is 27.6 Å². The zero-order chi connectivity index (χ0) is 24.3. The van der Waals surface area contributed by atoms with Crippen molar-refractivity contribution in [2.24, 2.45) is 0 Å². The number of esters is 1. The number of halogens is 3. The maximum Gasteiger partial charge on any atom is 0.348 e. The van der Waals surface area contributed by atoms with Crippen LogP contribution in [0.15, 0.2) is 39.3 Å². The van der Waals surface area contributed by atoms with Crippen LogP contribution in [-0.4, -0.2) is 37.3 Å². The molecule has 12 heteroatoms. The van der Waals surface area contributed by atoms with Crippen LogP contribution in [0.3, 0.4) is 0 Å². The molecule has 0 heterocycles. The molecule has 0 radical (unpaired) electrons. The Balaban J connectivity index is 2.24. The van der Waals surface area contributed by atoms with Crippen LogP contribution in [0.4, 0.5) is 5.69 Å². The van der Waals surface area contributed by atoms with Gasteiger partial charge in [-0.2, -0.15) is 0 Å². The molecule has 2 aromatic carbocycles. The number of nitrogens with one attached hydrogen (secondary N) is 1. The molecule has 0 spiro atoms. The Hall–Kier alpha value is -1.82. The van der Waals surface area contributed by atoms with Crippen LogP contribution >= 0.6 is 43.5 Å². The van der Waals surface area contributed by atoms with Crippen molar-refractivity contribution in [1.82, 2.24) is 0 Å². The van der Waals surface area contributed by atoms with E-state index in [1.165, 1.54) is 13.0 Å². The lowest BCUT2D eigenvalue weighted by atomic mass is 9.96. The fourth-order valence-electron chi connectivity index (χ4n) is 2.83. The van der Waals surface area contributed by atoms with Gasteiger partial charge < -0.3 is 14.6 Å². The third kappa shape index (κ3) is 7.09. The van der Waals surface area contributed by atoms with Gasteiger partial charge in [-0.3, -0.25) is 9.52 Å². The standard InChI is InChI=1S/C20H20Br2ClNO7S/c1-11(25)31-20(2,19(26)27)9-12-7-14(21)18(15(22)8-12)30-10-13-5-4-6-16(17(13)23)24-32(3,28)29/h4-8,24H,9-10H2,1-3H3,(H,26,27). The number of hydrogen-bond acceptors (Lipinski definition) is 6. The summed E-state index contributed by atoms with van der Waals surface area (Å²) in [6.45, 7) is 2.51. The topological polar surface area (TPSA) is 119 Å². The number of rotatable bonds is 9. The highest BCUT2D eigenvalue weighted by Gasteiger charge is 2.37. The molecule has 0 aliphatic heterocycles. The van der Waals surface area contributed by atoms with Gasteiger partial charge in [0.1, 0.15) is 12.4 Å². The molecule has 0 aliphatic rings. The first-order chi connectivity index (χ1) is 14.7. The van der Waals surface area contributed by atoms with Crippen molar-refractivity contribution in [2.75, 3.05) is 11.0 Å². The first-order valence-electron chi connectivity index (χ1n) is 9.00. The zero-order valence-electron chi connectivity index (χ0n) is 17.2. The third-order valence-electron chi connectivity index (χ3n) is 4.17. The maximum atomic E-state index is 11.6. The predicted octanol–water partition coefficient (Wildman–Crippen LogP) is 4.76. The average molecular weight is 614 g/mol. The van der Waals surface area contributed by atoms with Gasteiger partial charge in [-0.15, -0.1) is 0 Å². The third-order valence-corrected chi connectivity index (χ3v) is 6.38. The molecule has 0 fully saturated rings. The van der Waals surface area contributed by atoms with Gasteiger partial charge in [0.05, 0.1) is 25.9 Å². The molecule has 2 rings (SSSR count). The van der Waals surface area contributed by atoms with Crippen molar-refractivity contribution in [2.45, 2.75) is 32.5 Å². The molecule has 32 heavy (non-hydrogen) atoms. The minimum atomic E-state index is -3.49. The van der Waals surface area contributed by atoms with E-state index in [1.807, 2.05) is 0 Å². The summed E-state index contributed by atoms with van der Waals surface area (Å²) in [7, 11) is -3.49. The molecule has 0 bridgehead atoms. The summed E-state index contributed by atoms with van der Waals surface area (Å²) in [6, 6.07) is 8.20. The average Bonchev–Trinajstić information content (AvgIpc) is 2.61. The van der Waals surface area contributed by atoms with Gasteiger partial charge in [-0.25, -0.2) is 13.2 Å². The lowest BCUT2D eigenvalue weighted by Crippen LogP contribution is -2.42. The first-order valence-corrected chi connectivity index (χ1v) is 12.9. The molecule has 0 aliphatic carbocycles. The Bertz CT molecular complexity index is 1130. The number of benzene rings is 2. The van der Waals surface area contributed by atoms with E-state index in [9.17, 15) is 23.1 Å². The number of aliphatic carboxylic acids is 1. The summed E-state index contributed by atoms with van der Waals surface area (Å²) in [4.78, 5) is 22.9. The Morgan fingerprint density at radius 3 is 2.31 bits per heavy atom. The van der Waals surface area contributed by atoms with Crippen LogP contribution in [0.2, 0.25) is 5.02 Å². The quantitative estimate of drug-likeness (QED) is 0.392. The summed E-state index contributed by atoms with van der Waals surface area (Å²) >= 11 is 13.1. The largest absolute Gasteiger partial charge is 0.486 e. The van der Waals surface area contributed by atoms with E-state index in [2.05, 4.69) is 36.6 Å². The van der Waals surface area contributed by atoms with Crippen LogP contribution in [0.1, 0.15) is 25.0 Å². The summed E-state index contributed by atoms with van der Waals surface area (Å²) in [5.41, 5.74) is -0.355. The fraction of sp³-hybridized carbons (Fsp3) is 0.300. The molecule has 0 aromatic heterocycles. The normalized spacial score (nSPS) is 13.2. The Kier molecular flexibility index (Phi) is 8.60. The van der Waals surface area contributed by atoms with Gasteiger partial charge in [-0.1, -0.05) is 23.7 Å². The molecule has 0 saturated carbocycles. The van der Waals surface area contributed by atoms with Gasteiger partial charge >= 0.3 is 11.9 Å². The predicted molar refractivity (Wildman–Crippen MR) is 128 cm³/mol. The van der Waals surface area contributed by atoms with Crippen molar-refractivity contribution in [3.05, 3.63) is 55.4 Å². The summed E-state index contributed by atoms with van der Waals surface area (Å²) < 4.78 is 37.2. The number of sulfonamides is 1. The lowest BCUT2D eigenvalue weighted by Gasteiger charge is -2.25. The summed E-state index contributed by atoms with van der Waals surface area (Å²) in [5, 5.41) is 9.69. The minimum Gasteiger partial charge on any atom is -0.486 e. The molecular weight excluding hydrogens is 594 g/mol. The van der Waals surface area contributed by atoms with Crippen molar-refractivity contribution in [3.8, 4) is 5.75 Å². The zero-order valence-corrected chi connectivity index (χ0v) is 22.0. The monoisotopic (exact) mass is 611 g/mol. The number of anilines is 1. The van der Waals surface area contributed by atoms with E-state index in [4.69, 9.17) is 21.1 Å². The number of carbonyl (C=O) groups excluding carboxylic acids is 1. The minimum absolute atomic E-state index is 0.0367. The van der Waals surface area contributed by atoms with Crippen LogP contribution in [-0.2, 0) is 37.4 Å². The van der Waals surface area contributed by atoms with Crippen LogP contribution < -0.4 is 9.46 Å². The molecule has 2 aromatic rings. The molecule has 0 saturated heterocycles. The van der Waals surface area contributed by atoms with E-state index in [0.29, 0.717) is 25.8 Å². The summed E-state index contributed by atoms with van der Waals surface area (Å²) in [6.07, 6.45) is 0.962. The van der Waals surface area contributed by atoms with Crippen LogP contribution in [0, 0.1) is 0 Å². The van der Waals surface area contributed by atoms with Gasteiger partial charge in [-0.05, 0) is 62.5 Å². The molecule has 174 valence electrons. The van der Waals surface area contributed by atoms with Crippen molar-refractivity contribution >= 4 is 71.1 Å². The number of carboxylic acid groups (broad SMARTS) is 1. The fourth-order valence-corrected chi connectivity index (χ4v) is 5.20. The number of carbonyl (C=O) groups is 2. The SMILES string of the molecule is CC(=O)OC(C)(Cc1cc(Br)c(OCc2cccc(NS(C)(=O)=O)c2Cl)c(Br)c1)C(=O)O. The van der Waals surface area contributed by atoms with Crippen LogP contribution in [0.5, 0.6) is 5.75 Å². The number of carboxylic acids is 1. The van der Waals surface area contributed by atoms with Gasteiger partial charge in [0.15, 0.2) is 0 Å². The highest BCUT2D eigenvalue weighted by atomic mass is 79.9. The highest BCUT2D eigenvalue weighted by molar-refractivity contribution is 9.11. The van der Waals surface area contributed by atoms with Crippen molar-refractivity contribution in [1.29, 1.82) is 0 Å². The number of ether oxygens (including phenoxy) is 2. The van der Waals surface area contributed by atoms with Gasteiger partial charge in [0, 0.05) is 18.9 Å². The van der Waals surface area contributed by atoms with Gasteiger partial charge in [0.25, 0.3) is 0 Å². The molecular formula is C20H20Br2ClNO7S. The second-order valence-corrected chi connectivity index (χ2v) is 11.0. The van der Waals surface area contributed by atoms with E-state index in [1.54, 1.807) is 24.3 Å². The Morgan fingerprint density at radius 2 is 1.81 bits per heavy atom. The Labute approximate surface area is 207 Å². The Morgan fingerprint density at radius 1 is 1.22 bits per heavy atom. The molecule has 8 nitrogen and oxygen atoms in total. The van der Waals surface area contributed by atoms with Crippen LogP contribution in [0.25, 0.3) is 0 Å². The van der Waals surface area contributed by atoms with Crippen molar-refractivity contribution < 1.29 is 32.6 Å². The van der Waals surface area contributed by atoms with Crippen molar-refractivity contribution in [3.63, 3.8) is 0 Å². The van der Waals surface area contributed by atoms with E-state index in [-0.39, 0.29) is 23.7 Å². The molecule has 1 unspecified atom stereocenters. The first kappa shape index (κ1) is 26.4. The molecule has 2 N–H and O–H groups in total. The second-order valence-electron chi connectivity index (χ2n) is 7.14. The lowest BCUT2D eigenvalue weighted by molar-refractivity contribution is -0.174. The van der Waals surface area contributed by atoms with E-state index in [0.717, 1.165) is 13.2 Å². The van der Waals surface area contributed by atoms with E-state index >= 15 is 0 Å². The maximum absolute atomic E-state index is 11.6.